The highest BCUT2D eigenvalue weighted by molar-refractivity contribution is 5.72. The van der Waals surface area contributed by atoms with E-state index < -0.39 is 5.97 Å². The summed E-state index contributed by atoms with van der Waals surface area (Å²) in [5.74, 6) is -1.06. The lowest BCUT2D eigenvalue weighted by Gasteiger charge is -2.26. The first kappa shape index (κ1) is 15.9. The zero-order valence-electron chi connectivity index (χ0n) is 11.1. The number of nitrogens with zero attached hydrogens (tertiary/aromatic N) is 2. The molecule has 1 amide bonds. The van der Waals surface area contributed by atoms with E-state index in [2.05, 4.69) is 0 Å². The van der Waals surface area contributed by atoms with Crippen LogP contribution in [0.3, 0.4) is 0 Å². The molecule has 6 heteroatoms. The number of hydrogen-bond acceptors (Lipinski definition) is 3. The first-order chi connectivity index (χ1) is 7.72. The van der Waals surface area contributed by atoms with Gasteiger partial charge in [-0.1, -0.05) is 0 Å². The van der Waals surface area contributed by atoms with E-state index in [0.717, 1.165) is 11.0 Å². The van der Waals surface area contributed by atoms with E-state index in [0.29, 0.717) is 19.6 Å². The Balaban J connectivity index is 3.91. The van der Waals surface area contributed by atoms with E-state index in [9.17, 15) is 9.59 Å². The fourth-order valence-electron chi connectivity index (χ4n) is 1.11. The number of amides is 1. The molecule has 0 aliphatic carbocycles. The van der Waals surface area contributed by atoms with Crippen molar-refractivity contribution in [3.63, 3.8) is 0 Å². The van der Waals surface area contributed by atoms with Gasteiger partial charge in [-0.25, -0.2) is 5.06 Å². The summed E-state index contributed by atoms with van der Waals surface area (Å²) in [6, 6.07) is 0. The van der Waals surface area contributed by atoms with Crippen LogP contribution in [0.4, 0.5) is 0 Å². The summed E-state index contributed by atoms with van der Waals surface area (Å²) in [6.45, 7) is 2.95. The molecule has 0 aliphatic heterocycles. The molecule has 0 aromatic rings. The minimum absolute atomic E-state index is 0.0441. The molecule has 0 spiro atoms. The van der Waals surface area contributed by atoms with Crippen LogP contribution in [0.15, 0.2) is 0 Å². The van der Waals surface area contributed by atoms with Gasteiger partial charge >= 0.3 is 5.97 Å². The number of aliphatic carboxylic acids is 1. The summed E-state index contributed by atoms with van der Waals surface area (Å²) in [6.07, 6.45) is 0.446. The predicted octanol–water partition coefficient (Wildman–Crippen LogP) is 0.338. The summed E-state index contributed by atoms with van der Waals surface area (Å²) >= 11 is 0. The highest BCUT2D eigenvalue weighted by Crippen LogP contribution is 1.99. The Morgan fingerprint density at radius 1 is 1.29 bits per heavy atom. The third-order valence-electron chi connectivity index (χ3n) is 2.11. The van der Waals surface area contributed by atoms with Crippen LogP contribution in [0.2, 0.25) is 0 Å². The van der Waals surface area contributed by atoms with Crippen molar-refractivity contribution in [3.8, 4) is 0 Å². The molecule has 0 saturated heterocycles. The Labute approximate surface area is 102 Å². The predicted molar refractivity (Wildman–Crippen MR) is 63.1 cm³/mol. The van der Waals surface area contributed by atoms with Crippen molar-refractivity contribution in [1.82, 2.24) is 5.06 Å². The van der Waals surface area contributed by atoms with E-state index in [4.69, 9.17) is 9.94 Å². The monoisotopic (exact) mass is 247 g/mol. The van der Waals surface area contributed by atoms with Gasteiger partial charge in [0.05, 0.1) is 21.1 Å². The van der Waals surface area contributed by atoms with Crippen LogP contribution in [0.25, 0.3) is 0 Å². The molecule has 0 aromatic carbocycles. The highest BCUT2D eigenvalue weighted by Gasteiger charge is 2.13. The lowest BCUT2D eigenvalue weighted by atomic mass is 10.3. The lowest BCUT2D eigenvalue weighted by Crippen LogP contribution is -2.40. The van der Waals surface area contributed by atoms with Crippen LogP contribution in [0.5, 0.6) is 0 Å². The Hall–Kier alpha value is -1.14. The molecular formula is C11H23N2O4+. The standard InChI is InChI=1S/C11H22N2O4/c1-10(14)12(7-5-6-11(15)16)17-9-8-13(2,3)4/h5-9H2,1-4H3/p+1. The molecule has 0 bridgehead atoms. The molecule has 0 atom stereocenters. The van der Waals surface area contributed by atoms with Gasteiger partial charge in [-0.15, -0.1) is 0 Å². The van der Waals surface area contributed by atoms with E-state index in [-0.39, 0.29) is 12.3 Å². The Morgan fingerprint density at radius 2 is 1.88 bits per heavy atom. The number of likely N-dealkylation sites (N-methyl/N-ethyl adjacent to an activating group) is 1. The van der Waals surface area contributed by atoms with Crippen LogP contribution < -0.4 is 0 Å². The van der Waals surface area contributed by atoms with Crippen LogP contribution in [-0.4, -0.2) is 67.4 Å². The average molecular weight is 247 g/mol. The molecule has 0 aromatic heterocycles. The van der Waals surface area contributed by atoms with Gasteiger partial charge in [0, 0.05) is 19.9 Å². The molecular weight excluding hydrogens is 224 g/mol. The van der Waals surface area contributed by atoms with Crippen LogP contribution in [0.1, 0.15) is 19.8 Å². The quantitative estimate of drug-likeness (QED) is 0.496. The summed E-state index contributed by atoms with van der Waals surface area (Å²) < 4.78 is 0.751. The van der Waals surface area contributed by atoms with Gasteiger partial charge in [-0.2, -0.15) is 0 Å². The smallest absolute Gasteiger partial charge is 0.303 e. The number of hydrogen-bond donors (Lipinski definition) is 1. The molecule has 0 heterocycles. The highest BCUT2D eigenvalue weighted by atomic mass is 16.7. The number of carboxylic acids is 1. The summed E-state index contributed by atoms with van der Waals surface area (Å²) in [4.78, 5) is 26.9. The Kier molecular flexibility index (Phi) is 6.75. The van der Waals surface area contributed by atoms with Crippen LogP contribution in [0, 0.1) is 0 Å². The summed E-state index contributed by atoms with van der Waals surface area (Å²) in [5.41, 5.74) is 0. The van der Waals surface area contributed by atoms with E-state index in [1.54, 1.807) is 0 Å². The zero-order valence-corrected chi connectivity index (χ0v) is 11.1. The molecule has 0 unspecified atom stereocenters. The Bertz CT molecular complexity index is 261. The molecule has 1 N–H and O–H groups in total. The van der Waals surface area contributed by atoms with Gasteiger partial charge < -0.3 is 9.59 Å². The normalized spacial score (nSPS) is 11.3. The first-order valence-electron chi connectivity index (χ1n) is 5.65. The van der Waals surface area contributed by atoms with Gasteiger partial charge in [0.1, 0.15) is 13.2 Å². The maximum absolute atomic E-state index is 11.2. The van der Waals surface area contributed by atoms with Crippen molar-refractivity contribution in [2.45, 2.75) is 19.8 Å². The third-order valence-corrected chi connectivity index (χ3v) is 2.11. The van der Waals surface area contributed by atoms with Gasteiger partial charge in [-0.3, -0.25) is 14.4 Å². The number of carbonyl (C=O) groups is 2. The van der Waals surface area contributed by atoms with Crippen molar-refractivity contribution in [1.29, 1.82) is 0 Å². The van der Waals surface area contributed by atoms with Crippen LogP contribution in [-0.2, 0) is 14.4 Å². The third kappa shape index (κ3) is 9.77. The number of hydroxylamine groups is 2. The van der Waals surface area contributed by atoms with Crippen molar-refractivity contribution in [2.75, 3.05) is 40.8 Å². The maximum atomic E-state index is 11.2. The van der Waals surface area contributed by atoms with Crippen molar-refractivity contribution >= 4 is 11.9 Å². The topological polar surface area (TPSA) is 66.8 Å². The number of quaternary nitrogens is 1. The first-order valence-corrected chi connectivity index (χ1v) is 5.65. The molecule has 0 aliphatic rings. The summed E-state index contributed by atoms with van der Waals surface area (Å²) in [5, 5.41) is 9.74. The number of rotatable bonds is 8. The van der Waals surface area contributed by atoms with Crippen LogP contribution >= 0.6 is 0 Å². The SMILES string of the molecule is CC(=O)N(CCCC(=O)O)OCC[N+](C)(C)C. The second-order valence-electron chi connectivity index (χ2n) is 4.97. The van der Waals surface area contributed by atoms with E-state index >= 15 is 0 Å². The number of carbonyl (C=O) groups excluding carboxylic acids is 1. The van der Waals surface area contributed by atoms with Gasteiger partial charge in [0.25, 0.3) is 0 Å². The molecule has 0 rings (SSSR count). The molecule has 0 radical (unpaired) electrons. The lowest BCUT2D eigenvalue weighted by molar-refractivity contribution is -0.871. The van der Waals surface area contributed by atoms with Gasteiger partial charge in [-0.05, 0) is 6.42 Å². The molecule has 0 fully saturated rings. The summed E-state index contributed by atoms with van der Waals surface area (Å²) in [7, 11) is 6.10. The zero-order chi connectivity index (χ0) is 13.5. The number of carboxylic acid groups (broad SMARTS) is 1. The van der Waals surface area contributed by atoms with Crippen molar-refractivity contribution < 1.29 is 24.0 Å². The minimum Gasteiger partial charge on any atom is -0.481 e. The fraction of sp³-hybridized carbons (Fsp3) is 0.818. The largest absolute Gasteiger partial charge is 0.481 e. The fourth-order valence-corrected chi connectivity index (χ4v) is 1.11. The van der Waals surface area contributed by atoms with E-state index in [1.165, 1.54) is 12.0 Å². The molecule has 6 nitrogen and oxygen atoms in total. The minimum atomic E-state index is -0.861. The van der Waals surface area contributed by atoms with Gasteiger partial charge in [0.15, 0.2) is 0 Å². The average Bonchev–Trinajstić information content (AvgIpc) is 2.12. The van der Waals surface area contributed by atoms with Crippen molar-refractivity contribution in [2.24, 2.45) is 0 Å². The Morgan fingerprint density at radius 3 is 2.29 bits per heavy atom. The molecule has 100 valence electrons. The second kappa shape index (κ2) is 7.24. The molecule has 0 saturated carbocycles. The van der Waals surface area contributed by atoms with E-state index in [1.807, 2.05) is 21.1 Å². The molecule has 17 heavy (non-hydrogen) atoms. The second-order valence-corrected chi connectivity index (χ2v) is 4.97. The van der Waals surface area contributed by atoms with Gasteiger partial charge in [0.2, 0.25) is 5.91 Å². The maximum Gasteiger partial charge on any atom is 0.303 e. The van der Waals surface area contributed by atoms with Crippen molar-refractivity contribution in [3.05, 3.63) is 0 Å².